The lowest BCUT2D eigenvalue weighted by Gasteiger charge is -2.29. The van der Waals surface area contributed by atoms with Crippen LogP contribution in [0.25, 0.3) is 11.0 Å². The first kappa shape index (κ1) is 11.7. The summed E-state index contributed by atoms with van der Waals surface area (Å²) in [6, 6.07) is 7.48. The van der Waals surface area contributed by atoms with Crippen molar-refractivity contribution in [2.24, 2.45) is 5.92 Å². The van der Waals surface area contributed by atoms with Gasteiger partial charge in [-0.2, -0.15) is 0 Å². The summed E-state index contributed by atoms with van der Waals surface area (Å²) >= 11 is 0. The van der Waals surface area contributed by atoms with E-state index in [1.54, 1.807) is 13.2 Å². The van der Waals surface area contributed by atoms with Gasteiger partial charge in [0.1, 0.15) is 5.58 Å². The Labute approximate surface area is 100 Å². The minimum absolute atomic E-state index is 0.0179. The van der Waals surface area contributed by atoms with Crippen molar-refractivity contribution >= 4 is 16.9 Å². The molecule has 0 radical (unpaired) electrons. The molecule has 1 heterocycles. The van der Waals surface area contributed by atoms with Crippen molar-refractivity contribution in [3.05, 3.63) is 36.1 Å². The fourth-order valence-electron chi connectivity index (χ4n) is 2.08. The smallest absolute Gasteiger partial charge is 0.314 e. The molecule has 3 heteroatoms. The van der Waals surface area contributed by atoms with Crippen LogP contribution in [0.15, 0.2) is 34.9 Å². The normalized spacial score (nSPS) is 15.1. The van der Waals surface area contributed by atoms with Gasteiger partial charge >= 0.3 is 5.97 Å². The van der Waals surface area contributed by atoms with Gasteiger partial charge in [0, 0.05) is 10.9 Å². The number of carboxylic acids is 1. The van der Waals surface area contributed by atoms with Crippen molar-refractivity contribution in [3.63, 3.8) is 0 Å². The van der Waals surface area contributed by atoms with Crippen molar-refractivity contribution in [2.75, 3.05) is 0 Å². The molecule has 1 aromatic carbocycles. The Balaban J connectivity index is 2.73. The molecule has 0 bridgehead atoms. The van der Waals surface area contributed by atoms with E-state index in [-0.39, 0.29) is 5.92 Å². The first-order chi connectivity index (χ1) is 7.98. The summed E-state index contributed by atoms with van der Waals surface area (Å²) in [5, 5.41) is 10.5. The SMILES string of the molecule is CC(C)C(C)(C(=O)O)c1cccc2ccoc12. The van der Waals surface area contributed by atoms with Crippen molar-refractivity contribution < 1.29 is 14.3 Å². The van der Waals surface area contributed by atoms with Gasteiger partial charge in [-0.05, 0) is 18.9 Å². The largest absolute Gasteiger partial charge is 0.481 e. The molecule has 1 aromatic heterocycles. The summed E-state index contributed by atoms with van der Waals surface area (Å²) in [7, 11) is 0. The molecule has 2 rings (SSSR count). The zero-order valence-electron chi connectivity index (χ0n) is 10.2. The number of fused-ring (bicyclic) bond motifs is 1. The Bertz CT molecular complexity index is 553. The van der Waals surface area contributed by atoms with Gasteiger partial charge in [0.2, 0.25) is 0 Å². The van der Waals surface area contributed by atoms with Crippen LogP contribution in [0, 0.1) is 5.92 Å². The molecular weight excluding hydrogens is 216 g/mol. The molecule has 90 valence electrons. The van der Waals surface area contributed by atoms with Crippen LogP contribution in [0.3, 0.4) is 0 Å². The fourth-order valence-corrected chi connectivity index (χ4v) is 2.08. The van der Waals surface area contributed by atoms with Gasteiger partial charge < -0.3 is 9.52 Å². The number of hydrogen-bond acceptors (Lipinski definition) is 2. The molecule has 0 aliphatic heterocycles. The maximum absolute atomic E-state index is 11.6. The van der Waals surface area contributed by atoms with Gasteiger partial charge in [0.25, 0.3) is 0 Å². The maximum atomic E-state index is 11.6. The maximum Gasteiger partial charge on any atom is 0.314 e. The number of aliphatic carboxylic acids is 1. The average Bonchev–Trinajstić information content (AvgIpc) is 2.74. The summed E-state index contributed by atoms with van der Waals surface area (Å²) in [5.74, 6) is -0.841. The first-order valence-corrected chi connectivity index (χ1v) is 5.68. The van der Waals surface area contributed by atoms with Gasteiger partial charge in [0.15, 0.2) is 0 Å². The zero-order valence-corrected chi connectivity index (χ0v) is 10.2. The monoisotopic (exact) mass is 232 g/mol. The van der Waals surface area contributed by atoms with E-state index in [1.165, 1.54) is 0 Å². The average molecular weight is 232 g/mol. The van der Waals surface area contributed by atoms with Crippen LogP contribution in [-0.2, 0) is 10.2 Å². The number of carbonyl (C=O) groups is 1. The highest BCUT2D eigenvalue weighted by atomic mass is 16.4. The second-order valence-corrected chi connectivity index (χ2v) is 4.81. The number of hydrogen-bond donors (Lipinski definition) is 1. The van der Waals surface area contributed by atoms with Gasteiger partial charge in [-0.3, -0.25) is 4.79 Å². The minimum atomic E-state index is -0.933. The van der Waals surface area contributed by atoms with E-state index in [1.807, 2.05) is 38.1 Å². The predicted molar refractivity (Wildman–Crippen MR) is 66.0 cm³/mol. The van der Waals surface area contributed by atoms with Gasteiger partial charge in [-0.15, -0.1) is 0 Å². The molecule has 0 spiro atoms. The van der Waals surface area contributed by atoms with Crippen LogP contribution in [0.5, 0.6) is 0 Å². The van der Waals surface area contributed by atoms with Crippen LogP contribution in [0.1, 0.15) is 26.3 Å². The summed E-state index contributed by atoms with van der Waals surface area (Å²) in [6.45, 7) is 5.57. The molecule has 3 nitrogen and oxygen atoms in total. The third-order valence-corrected chi connectivity index (χ3v) is 3.64. The van der Waals surface area contributed by atoms with Gasteiger partial charge in [-0.25, -0.2) is 0 Å². The number of carboxylic acid groups (broad SMARTS) is 1. The molecule has 0 saturated heterocycles. The van der Waals surface area contributed by atoms with Crippen molar-refractivity contribution in [1.29, 1.82) is 0 Å². The predicted octanol–water partition coefficient (Wildman–Crippen LogP) is 3.43. The van der Waals surface area contributed by atoms with Crippen LogP contribution >= 0.6 is 0 Å². The quantitative estimate of drug-likeness (QED) is 0.882. The fraction of sp³-hybridized carbons (Fsp3) is 0.357. The number of benzene rings is 1. The summed E-state index contributed by atoms with van der Waals surface area (Å²) in [5.41, 5.74) is 0.478. The van der Waals surface area contributed by atoms with E-state index in [0.717, 1.165) is 10.9 Å². The van der Waals surface area contributed by atoms with E-state index >= 15 is 0 Å². The Morgan fingerprint density at radius 3 is 2.65 bits per heavy atom. The molecule has 0 aliphatic rings. The molecule has 17 heavy (non-hydrogen) atoms. The number of furan rings is 1. The Hall–Kier alpha value is -1.77. The van der Waals surface area contributed by atoms with E-state index in [4.69, 9.17) is 4.42 Å². The third-order valence-electron chi connectivity index (χ3n) is 3.64. The summed E-state index contributed by atoms with van der Waals surface area (Å²) in [4.78, 5) is 11.6. The van der Waals surface area contributed by atoms with Gasteiger partial charge in [0.05, 0.1) is 11.7 Å². The lowest BCUT2D eigenvalue weighted by Crippen LogP contribution is -2.37. The molecule has 1 N–H and O–H groups in total. The number of rotatable bonds is 3. The van der Waals surface area contributed by atoms with Crippen LogP contribution < -0.4 is 0 Å². The highest BCUT2D eigenvalue weighted by Gasteiger charge is 2.40. The molecule has 0 fully saturated rings. The minimum Gasteiger partial charge on any atom is -0.481 e. The first-order valence-electron chi connectivity index (χ1n) is 5.68. The highest BCUT2D eigenvalue weighted by Crippen LogP contribution is 2.37. The van der Waals surface area contributed by atoms with Crippen LogP contribution in [0.4, 0.5) is 0 Å². The second-order valence-electron chi connectivity index (χ2n) is 4.81. The molecule has 2 aromatic rings. The van der Waals surface area contributed by atoms with E-state index in [9.17, 15) is 9.90 Å². The summed E-state index contributed by atoms with van der Waals surface area (Å²) in [6.07, 6.45) is 1.59. The summed E-state index contributed by atoms with van der Waals surface area (Å²) < 4.78 is 5.43. The topological polar surface area (TPSA) is 50.4 Å². The Kier molecular flexibility index (Phi) is 2.69. The van der Waals surface area contributed by atoms with Crippen LogP contribution in [0.2, 0.25) is 0 Å². The molecule has 1 atom stereocenters. The number of para-hydroxylation sites is 1. The Morgan fingerprint density at radius 2 is 2.06 bits per heavy atom. The lowest BCUT2D eigenvalue weighted by atomic mass is 9.73. The molecule has 0 saturated carbocycles. The zero-order chi connectivity index (χ0) is 12.6. The molecular formula is C14H16O3. The van der Waals surface area contributed by atoms with Crippen molar-refractivity contribution in [3.8, 4) is 0 Å². The van der Waals surface area contributed by atoms with Gasteiger partial charge in [-0.1, -0.05) is 32.0 Å². The van der Waals surface area contributed by atoms with Crippen LogP contribution in [-0.4, -0.2) is 11.1 Å². The van der Waals surface area contributed by atoms with Crippen molar-refractivity contribution in [1.82, 2.24) is 0 Å². The highest BCUT2D eigenvalue weighted by molar-refractivity contribution is 5.90. The molecule has 1 unspecified atom stereocenters. The third kappa shape index (κ3) is 1.62. The van der Waals surface area contributed by atoms with Crippen molar-refractivity contribution in [2.45, 2.75) is 26.2 Å². The molecule has 0 aliphatic carbocycles. The Morgan fingerprint density at radius 1 is 1.35 bits per heavy atom. The van der Waals surface area contributed by atoms with E-state index in [0.29, 0.717) is 5.58 Å². The van der Waals surface area contributed by atoms with E-state index < -0.39 is 11.4 Å². The second kappa shape index (κ2) is 3.91. The molecule has 0 amide bonds. The standard InChI is InChI=1S/C14H16O3/c1-9(2)14(3,13(15)16)11-6-4-5-10-7-8-17-12(10)11/h4-9H,1-3H3,(H,15,16). The lowest BCUT2D eigenvalue weighted by molar-refractivity contribution is -0.144. The van der Waals surface area contributed by atoms with E-state index in [2.05, 4.69) is 0 Å².